The van der Waals surface area contributed by atoms with E-state index in [1.54, 1.807) is 0 Å². The van der Waals surface area contributed by atoms with Crippen molar-refractivity contribution in [2.24, 2.45) is 0 Å². The largest absolute Gasteiger partial charge is 0.493 e. The highest BCUT2D eigenvalue weighted by Gasteiger charge is 2.19. The first-order valence-electron chi connectivity index (χ1n) is 5.88. The third-order valence-electron chi connectivity index (χ3n) is 2.84. The molecule has 0 unspecified atom stereocenters. The molecule has 0 spiro atoms. The minimum atomic E-state index is -0.714. The van der Waals surface area contributed by atoms with Gasteiger partial charge < -0.3 is 9.47 Å². The Morgan fingerprint density at radius 2 is 1.48 bits per heavy atom. The summed E-state index contributed by atoms with van der Waals surface area (Å²) in [7, 11) is 2.79. The summed E-state index contributed by atoms with van der Waals surface area (Å²) in [6, 6.07) is 6.71. The second-order valence-electron chi connectivity index (χ2n) is 4.17. The zero-order valence-electron chi connectivity index (χ0n) is 11.2. The standard InChI is InChI=1S/C15H11Cl2FO3/c1-20-13-6-11(12(18)7-14(13)21-2)15(19)8-3-9(16)5-10(17)4-8/h3-7H,1-2H3. The Kier molecular flexibility index (Phi) is 4.70. The molecule has 21 heavy (non-hydrogen) atoms. The van der Waals surface area contributed by atoms with Crippen molar-refractivity contribution in [3.8, 4) is 11.5 Å². The molecule has 0 aliphatic carbocycles. The molecular weight excluding hydrogens is 318 g/mol. The summed E-state index contributed by atoms with van der Waals surface area (Å²) in [6.45, 7) is 0. The van der Waals surface area contributed by atoms with Crippen LogP contribution in [0.15, 0.2) is 30.3 Å². The molecule has 6 heteroatoms. The summed E-state index contributed by atoms with van der Waals surface area (Å²) >= 11 is 11.7. The minimum Gasteiger partial charge on any atom is -0.493 e. The van der Waals surface area contributed by atoms with E-state index < -0.39 is 11.6 Å². The van der Waals surface area contributed by atoms with Crippen LogP contribution in [0.25, 0.3) is 0 Å². The molecule has 0 radical (unpaired) electrons. The number of carbonyl (C=O) groups is 1. The first kappa shape index (κ1) is 15.6. The monoisotopic (exact) mass is 328 g/mol. The first-order valence-corrected chi connectivity index (χ1v) is 6.64. The Morgan fingerprint density at radius 1 is 0.952 bits per heavy atom. The zero-order chi connectivity index (χ0) is 15.6. The minimum absolute atomic E-state index is 0.147. The lowest BCUT2D eigenvalue weighted by atomic mass is 10.0. The van der Waals surface area contributed by atoms with E-state index in [0.717, 1.165) is 6.07 Å². The van der Waals surface area contributed by atoms with Gasteiger partial charge in [0, 0.05) is 21.7 Å². The van der Waals surface area contributed by atoms with Gasteiger partial charge >= 0.3 is 0 Å². The van der Waals surface area contributed by atoms with Crippen molar-refractivity contribution in [3.05, 3.63) is 57.3 Å². The maximum Gasteiger partial charge on any atom is 0.196 e. The zero-order valence-corrected chi connectivity index (χ0v) is 12.8. The summed E-state index contributed by atoms with van der Waals surface area (Å²) in [5, 5.41) is 0.596. The van der Waals surface area contributed by atoms with Crippen molar-refractivity contribution in [1.29, 1.82) is 0 Å². The summed E-state index contributed by atoms with van der Waals surface area (Å²) < 4.78 is 24.1. The quantitative estimate of drug-likeness (QED) is 0.781. The summed E-state index contributed by atoms with van der Waals surface area (Å²) in [6.07, 6.45) is 0. The van der Waals surface area contributed by atoms with Gasteiger partial charge in [0.15, 0.2) is 17.3 Å². The van der Waals surface area contributed by atoms with Gasteiger partial charge in [-0.3, -0.25) is 4.79 Å². The number of hydrogen-bond acceptors (Lipinski definition) is 3. The normalized spacial score (nSPS) is 10.3. The van der Waals surface area contributed by atoms with E-state index in [1.807, 2.05) is 0 Å². The molecule has 0 bridgehead atoms. The number of carbonyl (C=O) groups excluding carboxylic acids is 1. The van der Waals surface area contributed by atoms with Crippen LogP contribution in [0.5, 0.6) is 11.5 Å². The maximum absolute atomic E-state index is 14.1. The molecule has 0 aliphatic rings. The average molecular weight is 329 g/mol. The molecule has 0 N–H and O–H groups in total. The van der Waals surface area contributed by atoms with E-state index in [1.165, 1.54) is 38.5 Å². The van der Waals surface area contributed by atoms with Gasteiger partial charge in [0.2, 0.25) is 0 Å². The lowest BCUT2D eigenvalue weighted by molar-refractivity contribution is 0.103. The van der Waals surface area contributed by atoms with Gasteiger partial charge in [0.1, 0.15) is 5.82 Å². The molecule has 0 amide bonds. The molecule has 0 aromatic heterocycles. The highest BCUT2D eigenvalue weighted by Crippen LogP contribution is 2.31. The topological polar surface area (TPSA) is 35.5 Å². The number of ether oxygens (including phenoxy) is 2. The van der Waals surface area contributed by atoms with Crippen LogP contribution < -0.4 is 9.47 Å². The number of benzene rings is 2. The van der Waals surface area contributed by atoms with Crippen LogP contribution in [-0.2, 0) is 0 Å². The fourth-order valence-corrected chi connectivity index (χ4v) is 2.39. The van der Waals surface area contributed by atoms with Crippen molar-refractivity contribution in [3.63, 3.8) is 0 Å². The van der Waals surface area contributed by atoms with Crippen molar-refractivity contribution in [2.45, 2.75) is 0 Å². The van der Waals surface area contributed by atoms with E-state index in [9.17, 15) is 9.18 Å². The van der Waals surface area contributed by atoms with Crippen molar-refractivity contribution in [2.75, 3.05) is 14.2 Å². The molecule has 0 saturated carbocycles. The molecule has 2 rings (SSSR count). The molecule has 2 aromatic carbocycles. The number of hydrogen-bond donors (Lipinski definition) is 0. The number of ketones is 1. The van der Waals surface area contributed by atoms with Crippen LogP contribution in [0.4, 0.5) is 4.39 Å². The van der Waals surface area contributed by atoms with Crippen molar-refractivity contribution in [1.82, 2.24) is 0 Å². The first-order chi connectivity index (χ1) is 9.96. The second-order valence-corrected chi connectivity index (χ2v) is 5.05. The second kappa shape index (κ2) is 6.33. The Labute approximate surface area is 131 Å². The molecule has 3 nitrogen and oxygen atoms in total. The van der Waals surface area contributed by atoms with E-state index in [0.29, 0.717) is 10.0 Å². The average Bonchev–Trinajstić information content (AvgIpc) is 2.45. The molecule has 0 fully saturated rings. The van der Waals surface area contributed by atoms with E-state index in [4.69, 9.17) is 32.7 Å². The van der Waals surface area contributed by atoms with E-state index >= 15 is 0 Å². The van der Waals surface area contributed by atoms with Crippen molar-refractivity contribution >= 4 is 29.0 Å². The molecule has 0 heterocycles. The lowest BCUT2D eigenvalue weighted by Crippen LogP contribution is -2.06. The van der Waals surface area contributed by atoms with Crippen LogP contribution in [0.2, 0.25) is 10.0 Å². The molecular formula is C15H11Cl2FO3. The molecule has 0 saturated heterocycles. The highest BCUT2D eigenvalue weighted by atomic mass is 35.5. The molecule has 2 aromatic rings. The lowest BCUT2D eigenvalue weighted by Gasteiger charge is -2.10. The predicted octanol–water partition coefficient (Wildman–Crippen LogP) is 4.38. The van der Waals surface area contributed by atoms with Gasteiger partial charge in [-0.05, 0) is 24.3 Å². The van der Waals surface area contributed by atoms with Gasteiger partial charge in [-0.25, -0.2) is 4.39 Å². The van der Waals surface area contributed by atoms with Crippen LogP contribution in [0.1, 0.15) is 15.9 Å². The Morgan fingerprint density at radius 3 is 2.00 bits per heavy atom. The van der Waals surface area contributed by atoms with Gasteiger partial charge in [0.05, 0.1) is 19.8 Å². The molecule has 110 valence electrons. The third kappa shape index (κ3) is 3.28. The van der Waals surface area contributed by atoms with Crippen LogP contribution in [-0.4, -0.2) is 20.0 Å². The van der Waals surface area contributed by atoms with E-state index in [-0.39, 0.29) is 22.6 Å². The van der Waals surface area contributed by atoms with E-state index in [2.05, 4.69) is 0 Å². The number of halogens is 3. The Bertz CT molecular complexity index is 681. The fourth-order valence-electron chi connectivity index (χ4n) is 1.87. The van der Waals surface area contributed by atoms with Crippen LogP contribution >= 0.6 is 23.2 Å². The predicted molar refractivity (Wildman–Crippen MR) is 79.4 cm³/mol. The maximum atomic E-state index is 14.1. The van der Waals surface area contributed by atoms with Crippen molar-refractivity contribution < 1.29 is 18.7 Å². The number of rotatable bonds is 4. The Hall–Kier alpha value is -1.78. The van der Waals surface area contributed by atoms with Gasteiger partial charge in [-0.2, -0.15) is 0 Å². The molecule has 0 aliphatic heterocycles. The number of methoxy groups -OCH3 is 2. The summed E-state index contributed by atoms with van der Waals surface area (Å²) in [5.74, 6) is -0.794. The fraction of sp³-hybridized carbons (Fsp3) is 0.133. The SMILES string of the molecule is COc1cc(F)c(C(=O)c2cc(Cl)cc(Cl)c2)cc1OC. The highest BCUT2D eigenvalue weighted by molar-refractivity contribution is 6.35. The summed E-state index contributed by atoms with van der Waals surface area (Å²) in [5.41, 5.74) is 0.0459. The van der Waals surface area contributed by atoms with Crippen LogP contribution in [0, 0.1) is 5.82 Å². The smallest absolute Gasteiger partial charge is 0.196 e. The third-order valence-corrected chi connectivity index (χ3v) is 3.28. The Balaban J connectivity index is 2.52. The molecule has 0 atom stereocenters. The summed E-state index contributed by atoms with van der Waals surface area (Å²) in [4.78, 5) is 12.4. The van der Waals surface area contributed by atoms with Gasteiger partial charge in [-0.15, -0.1) is 0 Å². The van der Waals surface area contributed by atoms with Gasteiger partial charge in [-0.1, -0.05) is 23.2 Å². The van der Waals surface area contributed by atoms with Gasteiger partial charge in [0.25, 0.3) is 0 Å². The van der Waals surface area contributed by atoms with Crippen LogP contribution in [0.3, 0.4) is 0 Å².